The second-order valence-electron chi connectivity index (χ2n) is 6.64. The summed E-state index contributed by atoms with van der Waals surface area (Å²) in [7, 11) is 0. The summed E-state index contributed by atoms with van der Waals surface area (Å²) in [6, 6.07) is 5.66. The molecule has 9 heteroatoms. The molecule has 1 unspecified atom stereocenters. The van der Waals surface area contributed by atoms with E-state index in [-0.39, 0.29) is 24.4 Å². The lowest BCUT2D eigenvalue weighted by Crippen LogP contribution is -2.48. The lowest BCUT2D eigenvalue weighted by Gasteiger charge is -2.35. The number of para-hydroxylation sites is 1. The third kappa shape index (κ3) is 5.84. The van der Waals surface area contributed by atoms with Gasteiger partial charge in [-0.1, -0.05) is 19.1 Å². The van der Waals surface area contributed by atoms with Gasteiger partial charge in [0.2, 0.25) is 5.91 Å². The second-order valence-corrected chi connectivity index (χ2v) is 6.64. The molecule has 0 bridgehead atoms. The Kier molecular flexibility index (Phi) is 8.07. The van der Waals surface area contributed by atoms with Crippen molar-refractivity contribution in [3.63, 3.8) is 0 Å². The molecule has 0 spiro atoms. The highest BCUT2D eigenvalue weighted by Gasteiger charge is 2.33. The van der Waals surface area contributed by atoms with Crippen LogP contribution in [0.2, 0.25) is 0 Å². The molecular weight excluding hydrogens is 380 g/mol. The van der Waals surface area contributed by atoms with Crippen molar-refractivity contribution in [3.05, 3.63) is 29.8 Å². The standard InChI is InChI=1S/C19H24F4N2O3/c1-2-9-24(12-16(20)21)17(26)13-6-5-10-25(11-13)18(27)14-7-3-4-8-15(14)28-19(22)23/h3-4,7-8,13,16,19H,2,5-6,9-12H2,1H3. The maximum absolute atomic E-state index is 12.8. The van der Waals surface area contributed by atoms with Crippen molar-refractivity contribution in [1.29, 1.82) is 0 Å². The number of rotatable bonds is 8. The van der Waals surface area contributed by atoms with Crippen LogP contribution in [-0.2, 0) is 4.79 Å². The number of alkyl halides is 4. The van der Waals surface area contributed by atoms with Gasteiger partial charge in [0, 0.05) is 19.6 Å². The van der Waals surface area contributed by atoms with Crippen molar-refractivity contribution in [2.45, 2.75) is 39.2 Å². The minimum absolute atomic E-state index is 0.0195. The summed E-state index contributed by atoms with van der Waals surface area (Å²) < 4.78 is 55.1. The number of halogens is 4. The zero-order chi connectivity index (χ0) is 20.7. The van der Waals surface area contributed by atoms with Crippen LogP contribution in [0.15, 0.2) is 24.3 Å². The first kappa shape index (κ1) is 22.0. The summed E-state index contributed by atoms with van der Waals surface area (Å²) in [5, 5.41) is 0. The zero-order valence-corrected chi connectivity index (χ0v) is 15.6. The second kappa shape index (κ2) is 10.3. The van der Waals surface area contributed by atoms with Gasteiger partial charge in [-0.15, -0.1) is 0 Å². The molecule has 0 aliphatic carbocycles. The van der Waals surface area contributed by atoms with Crippen molar-refractivity contribution < 1.29 is 31.9 Å². The summed E-state index contributed by atoms with van der Waals surface area (Å²) in [5.41, 5.74) is -0.0195. The normalized spacial score (nSPS) is 17.1. The first-order chi connectivity index (χ1) is 13.3. The smallest absolute Gasteiger partial charge is 0.387 e. The molecule has 1 atom stereocenters. The van der Waals surface area contributed by atoms with Crippen LogP contribution in [0.3, 0.4) is 0 Å². The van der Waals surface area contributed by atoms with E-state index in [1.54, 1.807) is 6.92 Å². The predicted molar refractivity (Wildman–Crippen MR) is 94.6 cm³/mol. The van der Waals surface area contributed by atoms with Crippen LogP contribution in [0.25, 0.3) is 0 Å². The Morgan fingerprint density at radius 3 is 2.61 bits per heavy atom. The monoisotopic (exact) mass is 404 g/mol. The number of piperidine rings is 1. The van der Waals surface area contributed by atoms with Crippen LogP contribution in [0, 0.1) is 5.92 Å². The number of likely N-dealkylation sites (tertiary alicyclic amines) is 1. The summed E-state index contributed by atoms with van der Waals surface area (Å²) in [6.07, 6.45) is -1.07. The average Bonchev–Trinajstić information content (AvgIpc) is 2.66. The van der Waals surface area contributed by atoms with Gasteiger partial charge >= 0.3 is 6.61 Å². The van der Waals surface area contributed by atoms with Crippen molar-refractivity contribution in [2.24, 2.45) is 5.92 Å². The van der Waals surface area contributed by atoms with Crippen molar-refractivity contribution in [1.82, 2.24) is 9.80 Å². The van der Waals surface area contributed by atoms with Gasteiger partial charge in [-0.3, -0.25) is 9.59 Å². The molecule has 1 aromatic carbocycles. The molecule has 1 aliphatic rings. The number of benzene rings is 1. The van der Waals surface area contributed by atoms with Crippen LogP contribution in [0.1, 0.15) is 36.5 Å². The van der Waals surface area contributed by atoms with Crippen LogP contribution < -0.4 is 4.74 Å². The van der Waals surface area contributed by atoms with Gasteiger partial charge in [0.05, 0.1) is 18.0 Å². The van der Waals surface area contributed by atoms with E-state index in [1.807, 2.05) is 0 Å². The molecule has 28 heavy (non-hydrogen) atoms. The molecule has 5 nitrogen and oxygen atoms in total. The molecule has 156 valence electrons. The van der Waals surface area contributed by atoms with Crippen molar-refractivity contribution in [2.75, 3.05) is 26.2 Å². The summed E-state index contributed by atoms with van der Waals surface area (Å²) in [6.45, 7) is -1.27. The Balaban J connectivity index is 2.12. The van der Waals surface area contributed by atoms with E-state index in [4.69, 9.17) is 0 Å². The third-order valence-electron chi connectivity index (χ3n) is 4.55. The lowest BCUT2D eigenvalue weighted by atomic mass is 9.95. The Labute approximate surface area is 161 Å². The van der Waals surface area contributed by atoms with E-state index in [0.29, 0.717) is 25.8 Å². The zero-order valence-electron chi connectivity index (χ0n) is 15.6. The number of carbonyl (C=O) groups excluding carboxylic acids is 2. The fraction of sp³-hybridized carbons (Fsp3) is 0.579. The van der Waals surface area contributed by atoms with E-state index >= 15 is 0 Å². The maximum atomic E-state index is 12.8. The molecule has 1 aliphatic heterocycles. The fourth-order valence-electron chi connectivity index (χ4n) is 3.36. The van der Waals surface area contributed by atoms with Gasteiger partial charge in [-0.2, -0.15) is 8.78 Å². The molecule has 0 radical (unpaired) electrons. The number of hydrogen-bond donors (Lipinski definition) is 0. The molecule has 2 amide bonds. The van der Waals surface area contributed by atoms with E-state index in [0.717, 1.165) is 4.90 Å². The van der Waals surface area contributed by atoms with Gasteiger partial charge in [0.15, 0.2) is 0 Å². The van der Waals surface area contributed by atoms with E-state index in [2.05, 4.69) is 4.74 Å². The van der Waals surface area contributed by atoms with Crippen LogP contribution in [0.5, 0.6) is 5.75 Å². The van der Waals surface area contributed by atoms with E-state index in [1.165, 1.54) is 29.2 Å². The molecule has 1 saturated heterocycles. The Bertz CT molecular complexity index is 672. The number of carbonyl (C=O) groups is 2. The topological polar surface area (TPSA) is 49.9 Å². The van der Waals surface area contributed by atoms with E-state index in [9.17, 15) is 27.2 Å². The Morgan fingerprint density at radius 2 is 1.96 bits per heavy atom. The molecule has 1 aromatic rings. The minimum atomic E-state index is -3.07. The van der Waals surface area contributed by atoms with Crippen molar-refractivity contribution in [3.8, 4) is 5.75 Å². The first-order valence-electron chi connectivity index (χ1n) is 9.23. The summed E-state index contributed by atoms with van der Waals surface area (Å²) in [5.74, 6) is -1.76. The summed E-state index contributed by atoms with van der Waals surface area (Å²) >= 11 is 0. The van der Waals surface area contributed by atoms with E-state index < -0.39 is 37.3 Å². The highest BCUT2D eigenvalue weighted by atomic mass is 19.3. The number of amides is 2. The Hall–Kier alpha value is -2.32. The van der Waals surface area contributed by atoms with Gasteiger partial charge in [0.1, 0.15) is 5.75 Å². The summed E-state index contributed by atoms with van der Waals surface area (Å²) in [4.78, 5) is 28.0. The third-order valence-corrected chi connectivity index (χ3v) is 4.55. The van der Waals surface area contributed by atoms with Gasteiger partial charge in [-0.25, -0.2) is 8.78 Å². The first-order valence-corrected chi connectivity index (χ1v) is 9.23. The largest absolute Gasteiger partial charge is 0.434 e. The molecule has 0 saturated carbocycles. The van der Waals surface area contributed by atoms with Gasteiger partial charge in [-0.05, 0) is 31.4 Å². The molecule has 0 N–H and O–H groups in total. The molecule has 1 heterocycles. The molecular formula is C19H24F4N2O3. The molecule has 0 aromatic heterocycles. The SMILES string of the molecule is CCCN(CC(F)F)C(=O)C1CCCN(C(=O)c2ccccc2OC(F)F)C1. The van der Waals surface area contributed by atoms with Gasteiger partial charge in [0.25, 0.3) is 12.3 Å². The highest BCUT2D eigenvalue weighted by molar-refractivity contribution is 5.97. The van der Waals surface area contributed by atoms with Crippen LogP contribution in [0.4, 0.5) is 17.6 Å². The highest BCUT2D eigenvalue weighted by Crippen LogP contribution is 2.26. The minimum Gasteiger partial charge on any atom is -0.434 e. The fourth-order valence-corrected chi connectivity index (χ4v) is 3.36. The van der Waals surface area contributed by atoms with Crippen LogP contribution >= 0.6 is 0 Å². The predicted octanol–water partition coefficient (Wildman–Crippen LogP) is 3.64. The van der Waals surface area contributed by atoms with Crippen LogP contribution in [-0.4, -0.2) is 60.8 Å². The number of hydrogen-bond acceptors (Lipinski definition) is 3. The Morgan fingerprint density at radius 1 is 1.25 bits per heavy atom. The van der Waals surface area contributed by atoms with Gasteiger partial charge < -0.3 is 14.5 Å². The maximum Gasteiger partial charge on any atom is 0.387 e. The molecule has 1 fully saturated rings. The average molecular weight is 404 g/mol. The quantitative estimate of drug-likeness (QED) is 0.622. The number of ether oxygens (including phenoxy) is 1. The molecule has 2 rings (SSSR count). The lowest BCUT2D eigenvalue weighted by molar-refractivity contribution is -0.139. The number of nitrogens with zero attached hydrogens (tertiary/aromatic N) is 2. The van der Waals surface area contributed by atoms with Crippen molar-refractivity contribution >= 4 is 11.8 Å².